The van der Waals surface area contributed by atoms with Gasteiger partial charge in [0.1, 0.15) is 11.1 Å². The highest BCUT2D eigenvalue weighted by atomic mass is 35.5. The highest BCUT2D eigenvalue weighted by Crippen LogP contribution is 2.40. The van der Waals surface area contributed by atoms with Crippen LogP contribution in [0.25, 0.3) is 11.2 Å². The van der Waals surface area contributed by atoms with Gasteiger partial charge in [-0.15, -0.1) is 0 Å². The SMILES string of the molecule is NC(=O)C1(n2c(Nc3ccc(Cl)c(F)c3F)nc3cnc(NC4CC(O)C4)nc32)CCCCC1. The number of aromatic nitrogens is 4. The molecule has 0 spiro atoms. The molecule has 2 aromatic heterocycles. The van der Waals surface area contributed by atoms with Crippen LogP contribution in [0.15, 0.2) is 18.3 Å². The summed E-state index contributed by atoms with van der Waals surface area (Å²) in [4.78, 5) is 26.2. The van der Waals surface area contributed by atoms with E-state index in [0.717, 1.165) is 19.3 Å². The molecule has 2 heterocycles. The van der Waals surface area contributed by atoms with Crippen LogP contribution in [0, 0.1) is 11.6 Å². The average Bonchev–Trinajstić information content (AvgIpc) is 3.16. The molecule has 5 rings (SSSR count). The maximum Gasteiger partial charge on any atom is 0.243 e. The lowest BCUT2D eigenvalue weighted by Gasteiger charge is -2.36. The Bertz CT molecular complexity index is 1260. The number of amides is 1. The van der Waals surface area contributed by atoms with Crippen LogP contribution in [-0.4, -0.2) is 42.7 Å². The number of aliphatic hydroxyl groups excluding tert-OH is 1. The second kappa shape index (κ2) is 8.62. The predicted octanol–water partition coefficient (Wildman–Crippen LogP) is 3.58. The Morgan fingerprint density at radius 3 is 2.59 bits per heavy atom. The number of nitrogens with zero attached hydrogens (tertiary/aromatic N) is 4. The van der Waals surface area contributed by atoms with E-state index in [0.29, 0.717) is 42.8 Å². The second-order valence-electron chi connectivity index (χ2n) is 8.94. The van der Waals surface area contributed by atoms with Crippen LogP contribution in [-0.2, 0) is 10.3 Å². The molecule has 2 saturated carbocycles. The van der Waals surface area contributed by atoms with E-state index in [-0.39, 0.29) is 28.8 Å². The summed E-state index contributed by atoms with van der Waals surface area (Å²) in [6, 6.07) is 2.56. The minimum atomic E-state index is -1.19. The molecule has 0 atom stereocenters. The first-order valence-corrected chi connectivity index (χ1v) is 11.6. The highest BCUT2D eigenvalue weighted by molar-refractivity contribution is 6.30. The Morgan fingerprint density at radius 2 is 1.91 bits per heavy atom. The third-order valence-corrected chi connectivity index (χ3v) is 6.99. The molecule has 12 heteroatoms. The van der Waals surface area contributed by atoms with E-state index in [9.17, 15) is 18.7 Å². The van der Waals surface area contributed by atoms with E-state index in [4.69, 9.17) is 17.3 Å². The summed E-state index contributed by atoms with van der Waals surface area (Å²) in [7, 11) is 0. The number of nitrogens with one attached hydrogen (secondary N) is 2. The maximum atomic E-state index is 14.6. The van der Waals surface area contributed by atoms with Gasteiger partial charge in [0.25, 0.3) is 0 Å². The van der Waals surface area contributed by atoms with E-state index in [1.807, 2.05) is 0 Å². The Kier molecular flexibility index (Phi) is 5.76. The number of fused-ring (bicyclic) bond motifs is 1. The number of aliphatic hydroxyl groups is 1. The summed E-state index contributed by atoms with van der Waals surface area (Å²) in [5.41, 5.74) is 5.30. The van der Waals surface area contributed by atoms with Crippen molar-refractivity contribution in [2.24, 2.45) is 5.73 Å². The van der Waals surface area contributed by atoms with Gasteiger partial charge in [0.15, 0.2) is 17.3 Å². The molecular formula is C22H24ClF2N7O2. The fourth-order valence-electron chi connectivity index (χ4n) is 4.78. The van der Waals surface area contributed by atoms with Gasteiger partial charge in [0, 0.05) is 6.04 Å². The van der Waals surface area contributed by atoms with Crippen molar-refractivity contribution < 1.29 is 18.7 Å². The van der Waals surface area contributed by atoms with Crippen molar-refractivity contribution >= 4 is 46.3 Å². The molecule has 180 valence electrons. The van der Waals surface area contributed by atoms with Crippen LogP contribution in [0.2, 0.25) is 5.02 Å². The minimum Gasteiger partial charge on any atom is -0.393 e. The average molecular weight is 492 g/mol. The standard InChI is InChI=1S/C22H24ClF2N7O2/c23-13-4-5-14(17(25)16(13)24)29-21-30-15-10-27-20(28-11-8-12(33)9-11)31-18(15)32(21)22(19(26)34)6-2-1-3-7-22/h4-5,10-12,33H,1-3,6-9H2,(H2,26,34)(H,29,30)(H,27,28,31). The smallest absolute Gasteiger partial charge is 0.243 e. The second-order valence-corrected chi connectivity index (χ2v) is 9.35. The zero-order valence-corrected chi connectivity index (χ0v) is 18.9. The normalized spacial score (nSPS) is 21.8. The lowest BCUT2D eigenvalue weighted by molar-refractivity contribution is -0.128. The molecule has 5 N–H and O–H groups in total. The van der Waals surface area contributed by atoms with Gasteiger partial charge >= 0.3 is 0 Å². The van der Waals surface area contributed by atoms with Crippen molar-refractivity contribution in [3.8, 4) is 0 Å². The van der Waals surface area contributed by atoms with Crippen LogP contribution in [0.3, 0.4) is 0 Å². The summed E-state index contributed by atoms with van der Waals surface area (Å²) in [6.07, 6.45) is 5.72. The van der Waals surface area contributed by atoms with Crippen LogP contribution in [0.1, 0.15) is 44.9 Å². The van der Waals surface area contributed by atoms with E-state index < -0.39 is 23.1 Å². The van der Waals surface area contributed by atoms with Gasteiger partial charge in [-0.3, -0.25) is 9.36 Å². The number of primary amides is 1. The van der Waals surface area contributed by atoms with Crippen molar-refractivity contribution in [2.75, 3.05) is 10.6 Å². The number of carbonyl (C=O) groups is 1. The van der Waals surface area contributed by atoms with Crippen LogP contribution < -0.4 is 16.4 Å². The number of benzene rings is 1. The summed E-state index contributed by atoms with van der Waals surface area (Å²) in [6.45, 7) is 0. The zero-order chi connectivity index (χ0) is 24.0. The fraction of sp³-hybridized carbons (Fsp3) is 0.455. The van der Waals surface area contributed by atoms with E-state index in [1.165, 1.54) is 18.3 Å². The Hall–Kier alpha value is -3.05. The molecule has 0 saturated heterocycles. The van der Waals surface area contributed by atoms with Gasteiger partial charge in [-0.25, -0.2) is 18.7 Å². The Balaban J connectivity index is 1.64. The number of carbonyl (C=O) groups excluding carboxylic acids is 1. The zero-order valence-electron chi connectivity index (χ0n) is 18.2. The minimum absolute atomic E-state index is 0.0346. The number of nitrogens with two attached hydrogens (primary N) is 1. The van der Waals surface area contributed by atoms with Crippen molar-refractivity contribution in [2.45, 2.75) is 62.6 Å². The molecule has 0 aliphatic heterocycles. The lowest BCUT2D eigenvalue weighted by atomic mass is 9.80. The topological polar surface area (TPSA) is 131 Å². The maximum absolute atomic E-state index is 14.6. The first-order valence-electron chi connectivity index (χ1n) is 11.2. The number of hydrogen-bond donors (Lipinski definition) is 4. The van der Waals surface area contributed by atoms with Gasteiger partial charge in [-0.1, -0.05) is 30.9 Å². The molecule has 3 aromatic rings. The molecule has 2 aliphatic carbocycles. The van der Waals surface area contributed by atoms with Gasteiger partial charge in [0.05, 0.1) is 23.0 Å². The van der Waals surface area contributed by atoms with Crippen LogP contribution in [0.5, 0.6) is 0 Å². The van der Waals surface area contributed by atoms with Gasteiger partial charge in [0.2, 0.25) is 17.8 Å². The predicted molar refractivity (Wildman–Crippen MR) is 123 cm³/mol. The number of halogens is 3. The molecule has 0 bridgehead atoms. The molecule has 34 heavy (non-hydrogen) atoms. The lowest BCUT2D eigenvalue weighted by Crippen LogP contribution is -2.48. The Labute approximate surface area is 198 Å². The summed E-state index contributed by atoms with van der Waals surface area (Å²) >= 11 is 5.69. The molecular weight excluding hydrogens is 468 g/mol. The molecule has 0 radical (unpaired) electrons. The highest BCUT2D eigenvalue weighted by Gasteiger charge is 2.43. The number of imidazole rings is 1. The molecule has 1 amide bonds. The van der Waals surface area contributed by atoms with E-state index in [2.05, 4.69) is 25.6 Å². The first kappa shape index (κ1) is 22.7. The molecule has 9 nitrogen and oxygen atoms in total. The van der Waals surface area contributed by atoms with Crippen molar-refractivity contribution in [3.63, 3.8) is 0 Å². The first-order chi connectivity index (χ1) is 16.3. The van der Waals surface area contributed by atoms with Gasteiger partial charge in [-0.05, 0) is 37.8 Å². The monoisotopic (exact) mass is 491 g/mol. The van der Waals surface area contributed by atoms with Gasteiger partial charge < -0.3 is 21.5 Å². The fourth-order valence-corrected chi connectivity index (χ4v) is 4.93. The van der Waals surface area contributed by atoms with Crippen molar-refractivity contribution in [1.29, 1.82) is 0 Å². The van der Waals surface area contributed by atoms with Gasteiger partial charge in [-0.2, -0.15) is 4.98 Å². The van der Waals surface area contributed by atoms with Crippen molar-refractivity contribution in [3.05, 3.63) is 35.0 Å². The summed E-state index contributed by atoms with van der Waals surface area (Å²) in [5, 5.41) is 15.2. The Morgan fingerprint density at radius 1 is 1.18 bits per heavy atom. The van der Waals surface area contributed by atoms with Crippen LogP contribution >= 0.6 is 11.6 Å². The third kappa shape index (κ3) is 3.82. The number of anilines is 3. The summed E-state index contributed by atoms with van der Waals surface area (Å²) < 4.78 is 30.3. The molecule has 2 fully saturated rings. The molecule has 2 aliphatic rings. The van der Waals surface area contributed by atoms with Crippen molar-refractivity contribution in [1.82, 2.24) is 19.5 Å². The largest absolute Gasteiger partial charge is 0.393 e. The molecule has 0 unspecified atom stereocenters. The third-order valence-electron chi connectivity index (χ3n) is 6.70. The van der Waals surface area contributed by atoms with E-state index in [1.54, 1.807) is 4.57 Å². The quantitative estimate of drug-likeness (QED) is 0.387. The number of rotatable bonds is 6. The number of hydrogen-bond acceptors (Lipinski definition) is 7. The van der Waals surface area contributed by atoms with E-state index >= 15 is 0 Å². The van der Waals surface area contributed by atoms with Crippen LogP contribution in [0.4, 0.5) is 26.4 Å². The summed E-state index contributed by atoms with van der Waals surface area (Å²) in [5.74, 6) is -2.49. The molecule has 1 aromatic carbocycles.